The fraction of sp³-hybridized carbons (Fsp3) is 0.409. The lowest BCUT2D eigenvalue weighted by Crippen LogP contribution is -2.42. The molecule has 150 valence electrons. The second-order valence-electron chi connectivity index (χ2n) is 8.24. The van der Waals surface area contributed by atoms with Crippen molar-refractivity contribution in [1.82, 2.24) is 24.6 Å². The molecular weight excluding hydrogens is 386 g/mol. The summed E-state index contributed by atoms with van der Waals surface area (Å²) in [5.41, 5.74) is 3.43. The highest BCUT2D eigenvalue weighted by Crippen LogP contribution is 2.43. The molecule has 0 aromatic carbocycles. The summed E-state index contributed by atoms with van der Waals surface area (Å²) < 4.78 is 1.96. The molecule has 0 aliphatic carbocycles. The van der Waals surface area contributed by atoms with Gasteiger partial charge in [-0.3, -0.25) is 14.2 Å². The van der Waals surface area contributed by atoms with Gasteiger partial charge in [0, 0.05) is 31.4 Å². The number of amides is 1. The van der Waals surface area contributed by atoms with E-state index in [2.05, 4.69) is 10.3 Å². The van der Waals surface area contributed by atoms with Crippen molar-refractivity contribution in [2.45, 2.75) is 31.7 Å². The van der Waals surface area contributed by atoms with Crippen molar-refractivity contribution in [3.8, 4) is 11.4 Å². The smallest absolute Gasteiger partial charge is 0.228 e. The first kappa shape index (κ1) is 18.6. The predicted molar refractivity (Wildman–Crippen MR) is 113 cm³/mol. The Kier molecular flexibility index (Phi) is 4.56. The van der Waals surface area contributed by atoms with Crippen LogP contribution >= 0.6 is 11.6 Å². The normalized spacial score (nSPS) is 21.4. The van der Waals surface area contributed by atoms with Crippen LogP contribution in [0.15, 0.2) is 42.7 Å². The van der Waals surface area contributed by atoms with Gasteiger partial charge in [-0.25, -0.2) is 4.98 Å². The number of carbonyl (C=O) groups is 1. The first-order chi connectivity index (χ1) is 14.1. The molecular formula is C22H24ClN5O. The van der Waals surface area contributed by atoms with E-state index in [0.29, 0.717) is 10.9 Å². The van der Waals surface area contributed by atoms with Gasteiger partial charge in [-0.15, -0.1) is 0 Å². The summed E-state index contributed by atoms with van der Waals surface area (Å²) in [4.78, 5) is 24.3. The Balaban J connectivity index is 1.42. The number of likely N-dealkylation sites (N-methyl/N-ethyl adjacent to an activating group) is 1. The Labute approximate surface area is 174 Å². The van der Waals surface area contributed by atoms with Gasteiger partial charge in [0.2, 0.25) is 5.91 Å². The van der Waals surface area contributed by atoms with Gasteiger partial charge < -0.3 is 10.2 Å². The number of aromatic nitrogens is 3. The van der Waals surface area contributed by atoms with Crippen molar-refractivity contribution in [3.05, 3.63) is 53.4 Å². The van der Waals surface area contributed by atoms with Crippen molar-refractivity contribution < 1.29 is 4.79 Å². The van der Waals surface area contributed by atoms with Gasteiger partial charge in [0.05, 0.1) is 28.0 Å². The third-order valence-electron chi connectivity index (χ3n) is 6.49. The number of pyridine rings is 2. The summed E-state index contributed by atoms with van der Waals surface area (Å²) in [5, 5.41) is 4.04. The Bertz CT molecular complexity index is 1070. The van der Waals surface area contributed by atoms with E-state index in [1.807, 2.05) is 59.1 Å². The molecule has 3 aromatic rings. The van der Waals surface area contributed by atoms with Crippen molar-refractivity contribution in [1.29, 1.82) is 0 Å². The minimum atomic E-state index is -0.180. The van der Waals surface area contributed by atoms with Gasteiger partial charge in [0.25, 0.3) is 0 Å². The Hall–Kier alpha value is -2.44. The SMILES string of the molecule is CN1C(=O)C2(CCNCC2)CC1Cc1cccc(-c2cnc3ccc(Cl)cn23)n1. The van der Waals surface area contributed by atoms with Crippen LogP contribution in [-0.4, -0.2) is 51.4 Å². The maximum Gasteiger partial charge on any atom is 0.228 e. The van der Waals surface area contributed by atoms with Crippen LogP contribution in [0.3, 0.4) is 0 Å². The van der Waals surface area contributed by atoms with E-state index in [-0.39, 0.29) is 11.5 Å². The second kappa shape index (κ2) is 7.11. The maximum absolute atomic E-state index is 13.0. The molecule has 2 aliphatic heterocycles. The molecule has 1 spiro atoms. The zero-order chi connectivity index (χ0) is 20.0. The zero-order valence-electron chi connectivity index (χ0n) is 16.4. The number of fused-ring (bicyclic) bond motifs is 1. The van der Waals surface area contributed by atoms with Crippen molar-refractivity contribution >= 4 is 23.2 Å². The molecule has 7 heteroatoms. The third kappa shape index (κ3) is 3.20. The van der Waals surface area contributed by atoms with Crippen LogP contribution in [0.25, 0.3) is 17.0 Å². The molecule has 5 rings (SSSR count). The Morgan fingerprint density at radius 2 is 2.07 bits per heavy atom. The van der Waals surface area contributed by atoms with Crippen LogP contribution < -0.4 is 5.32 Å². The molecule has 1 N–H and O–H groups in total. The van der Waals surface area contributed by atoms with E-state index in [9.17, 15) is 4.79 Å². The molecule has 1 atom stereocenters. The van der Waals surface area contributed by atoms with Gasteiger partial charge in [-0.05, 0) is 56.6 Å². The van der Waals surface area contributed by atoms with Crippen LogP contribution in [0, 0.1) is 5.41 Å². The van der Waals surface area contributed by atoms with E-state index < -0.39 is 0 Å². The summed E-state index contributed by atoms with van der Waals surface area (Å²) in [5.74, 6) is 0.302. The summed E-state index contributed by atoms with van der Waals surface area (Å²) in [6.45, 7) is 1.85. The van der Waals surface area contributed by atoms with Gasteiger partial charge in [-0.1, -0.05) is 17.7 Å². The largest absolute Gasteiger partial charge is 0.342 e. The maximum atomic E-state index is 13.0. The number of carbonyl (C=O) groups excluding carboxylic acids is 1. The highest BCUT2D eigenvalue weighted by molar-refractivity contribution is 6.30. The van der Waals surface area contributed by atoms with Crippen LogP contribution in [0.2, 0.25) is 5.02 Å². The molecule has 1 unspecified atom stereocenters. The number of piperidine rings is 1. The third-order valence-corrected chi connectivity index (χ3v) is 6.72. The highest BCUT2D eigenvalue weighted by atomic mass is 35.5. The lowest BCUT2D eigenvalue weighted by Gasteiger charge is -2.31. The van der Waals surface area contributed by atoms with Crippen molar-refractivity contribution in [2.75, 3.05) is 20.1 Å². The second-order valence-corrected chi connectivity index (χ2v) is 8.68. The molecule has 2 fully saturated rings. The van der Waals surface area contributed by atoms with E-state index in [0.717, 1.165) is 61.5 Å². The Morgan fingerprint density at radius 1 is 1.24 bits per heavy atom. The van der Waals surface area contributed by atoms with Gasteiger partial charge in [0.15, 0.2) is 0 Å². The number of imidazole rings is 1. The fourth-order valence-corrected chi connectivity index (χ4v) is 5.03. The highest BCUT2D eigenvalue weighted by Gasteiger charge is 2.50. The predicted octanol–water partition coefficient (Wildman–Crippen LogP) is 3.19. The summed E-state index contributed by atoms with van der Waals surface area (Å²) >= 11 is 6.17. The summed E-state index contributed by atoms with van der Waals surface area (Å²) in [6, 6.07) is 9.99. The number of halogens is 1. The van der Waals surface area contributed by atoms with Gasteiger partial charge in [-0.2, -0.15) is 0 Å². The molecule has 3 aromatic heterocycles. The number of hydrogen-bond acceptors (Lipinski definition) is 4. The lowest BCUT2D eigenvalue weighted by atomic mass is 9.76. The van der Waals surface area contributed by atoms with Crippen LogP contribution in [0.4, 0.5) is 0 Å². The summed E-state index contributed by atoms with van der Waals surface area (Å²) in [6.07, 6.45) is 7.24. The Morgan fingerprint density at radius 3 is 2.90 bits per heavy atom. The zero-order valence-corrected chi connectivity index (χ0v) is 17.2. The molecule has 2 aliphatic rings. The first-order valence-corrected chi connectivity index (χ1v) is 10.5. The molecule has 2 saturated heterocycles. The van der Waals surface area contributed by atoms with Crippen LogP contribution in [0.5, 0.6) is 0 Å². The number of nitrogens with zero attached hydrogens (tertiary/aromatic N) is 4. The molecule has 0 bridgehead atoms. The molecule has 6 nitrogen and oxygen atoms in total. The van der Waals surface area contributed by atoms with Crippen LogP contribution in [-0.2, 0) is 11.2 Å². The minimum Gasteiger partial charge on any atom is -0.342 e. The molecule has 5 heterocycles. The average molecular weight is 410 g/mol. The topological polar surface area (TPSA) is 62.5 Å². The first-order valence-electron chi connectivity index (χ1n) is 10.1. The molecule has 29 heavy (non-hydrogen) atoms. The van der Waals surface area contributed by atoms with Gasteiger partial charge >= 0.3 is 0 Å². The number of nitrogens with one attached hydrogen (secondary N) is 1. The number of rotatable bonds is 3. The monoisotopic (exact) mass is 409 g/mol. The lowest BCUT2D eigenvalue weighted by molar-refractivity contribution is -0.136. The fourth-order valence-electron chi connectivity index (χ4n) is 4.87. The number of likely N-dealkylation sites (tertiary alicyclic amines) is 1. The molecule has 0 saturated carbocycles. The number of hydrogen-bond donors (Lipinski definition) is 1. The quantitative estimate of drug-likeness (QED) is 0.721. The van der Waals surface area contributed by atoms with E-state index >= 15 is 0 Å². The van der Waals surface area contributed by atoms with Crippen molar-refractivity contribution in [3.63, 3.8) is 0 Å². The van der Waals surface area contributed by atoms with Crippen molar-refractivity contribution in [2.24, 2.45) is 5.41 Å². The van der Waals surface area contributed by atoms with E-state index in [4.69, 9.17) is 16.6 Å². The van der Waals surface area contributed by atoms with Gasteiger partial charge in [0.1, 0.15) is 5.65 Å². The standard InChI is InChI=1S/C22H24ClN5O/c1-27-17(12-22(21(27)29)7-9-24-10-8-22)11-16-3-2-4-18(26-16)19-13-25-20-6-5-15(23)14-28(19)20/h2-6,13-14,17,24H,7-12H2,1H3. The molecule has 1 amide bonds. The molecule has 0 radical (unpaired) electrons. The van der Waals surface area contributed by atoms with Crippen LogP contribution in [0.1, 0.15) is 25.0 Å². The summed E-state index contributed by atoms with van der Waals surface area (Å²) in [7, 11) is 1.94. The average Bonchev–Trinajstić information content (AvgIpc) is 3.24. The van der Waals surface area contributed by atoms with E-state index in [1.165, 1.54) is 0 Å². The minimum absolute atomic E-state index is 0.180. The van der Waals surface area contributed by atoms with E-state index in [1.54, 1.807) is 0 Å².